The zero-order valence-electron chi connectivity index (χ0n) is 12.0. The van der Waals surface area contributed by atoms with E-state index < -0.39 is 0 Å². The molecule has 112 valence electrons. The van der Waals surface area contributed by atoms with E-state index in [0.29, 0.717) is 21.0 Å². The smallest absolute Gasteiger partial charge is 0.137 e. The molecule has 4 unspecified atom stereocenters. The van der Waals surface area contributed by atoms with Crippen molar-refractivity contribution in [2.45, 2.75) is 42.1 Å². The van der Waals surface area contributed by atoms with Gasteiger partial charge in [-0.1, -0.05) is 19.9 Å². The monoisotopic (exact) mass is 377 g/mol. The van der Waals surface area contributed by atoms with Crippen molar-refractivity contribution < 1.29 is 4.39 Å². The summed E-state index contributed by atoms with van der Waals surface area (Å²) in [6.07, 6.45) is 0.939. The number of likely N-dealkylation sites (N-methyl/N-ethyl adjacent to an activating group) is 1. The van der Waals surface area contributed by atoms with Gasteiger partial charge in [0.25, 0.3) is 0 Å². The first-order valence-electron chi connectivity index (χ1n) is 6.89. The van der Waals surface area contributed by atoms with Gasteiger partial charge in [0.1, 0.15) is 5.82 Å². The Hall–Kier alpha value is 0.290. The Labute approximate surface area is 138 Å². The molecular formula is C15H21BrFNS2. The molecule has 0 saturated carbocycles. The summed E-state index contributed by atoms with van der Waals surface area (Å²) in [7, 11) is 2.02. The van der Waals surface area contributed by atoms with Gasteiger partial charge in [-0.3, -0.25) is 0 Å². The molecule has 1 nitrogen and oxygen atoms in total. The summed E-state index contributed by atoms with van der Waals surface area (Å²) in [6.45, 7) is 4.62. The molecule has 4 atom stereocenters. The molecule has 1 saturated heterocycles. The van der Waals surface area contributed by atoms with Crippen LogP contribution in [0.25, 0.3) is 0 Å². The first-order valence-corrected chi connectivity index (χ1v) is 9.68. The van der Waals surface area contributed by atoms with Crippen LogP contribution in [0.3, 0.4) is 0 Å². The second-order valence-corrected chi connectivity index (χ2v) is 9.15. The Morgan fingerprint density at radius 2 is 2.15 bits per heavy atom. The highest BCUT2D eigenvalue weighted by atomic mass is 79.9. The number of benzene rings is 1. The zero-order chi connectivity index (χ0) is 14.7. The van der Waals surface area contributed by atoms with E-state index in [1.807, 2.05) is 19.2 Å². The van der Waals surface area contributed by atoms with Gasteiger partial charge in [0.2, 0.25) is 0 Å². The van der Waals surface area contributed by atoms with Crippen molar-refractivity contribution in [3.63, 3.8) is 0 Å². The molecule has 0 aliphatic carbocycles. The van der Waals surface area contributed by atoms with E-state index >= 15 is 0 Å². The van der Waals surface area contributed by atoms with Crippen LogP contribution in [0, 0.1) is 5.82 Å². The first-order chi connectivity index (χ1) is 9.51. The van der Waals surface area contributed by atoms with E-state index in [9.17, 15) is 4.39 Å². The van der Waals surface area contributed by atoms with Gasteiger partial charge in [0.05, 0.1) is 4.47 Å². The summed E-state index contributed by atoms with van der Waals surface area (Å²) in [5.41, 5.74) is 1.18. The Kier molecular flexibility index (Phi) is 6.26. The lowest BCUT2D eigenvalue weighted by molar-refractivity contribution is 0.552. The highest BCUT2D eigenvalue weighted by molar-refractivity contribution is 9.10. The van der Waals surface area contributed by atoms with Crippen molar-refractivity contribution in [3.8, 4) is 0 Å². The molecule has 1 fully saturated rings. The number of hydrogen-bond donors (Lipinski definition) is 1. The van der Waals surface area contributed by atoms with Crippen molar-refractivity contribution in [2.75, 3.05) is 12.8 Å². The normalized spacial score (nSPS) is 28.4. The van der Waals surface area contributed by atoms with Gasteiger partial charge in [0, 0.05) is 27.5 Å². The van der Waals surface area contributed by atoms with Crippen LogP contribution in [0.4, 0.5) is 4.39 Å². The zero-order valence-corrected chi connectivity index (χ0v) is 15.2. The molecule has 5 heteroatoms. The summed E-state index contributed by atoms with van der Waals surface area (Å²) in [5, 5.41) is 5.48. The summed E-state index contributed by atoms with van der Waals surface area (Å²) in [4.78, 5) is 0. The maximum absolute atomic E-state index is 13.3. The van der Waals surface area contributed by atoms with E-state index in [-0.39, 0.29) is 5.82 Å². The highest BCUT2D eigenvalue weighted by Gasteiger charge is 2.30. The number of halogens is 2. The van der Waals surface area contributed by atoms with Crippen LogP contribution < -0.4 is 5.32 Å². The van der Waals surface area contributed by atoms with Crippen molar-refractivity contribution in [1.82, 2.24) is 5.32 Å². The first kappa shape index (κ1) is 16.7. The SMILES string of the molecule is CNC(Cc1ccc(F)c(Br)c1)C1CSC(C)C(C)S1. The largest absolute Gasteiger partial charge is 0.316 e. The van der Waals surface area contributed by atoms with E-state index in [4.69, 9.17) is 0 Å². The van der Waals surface area contributed by atoms with Crippen LogP contribution >= 0.6 is 39.5 Å². The molecule has 0 radical (unpaired) electrons. The van der Waals surface area contributed by atoms with E-state index in [1.54, 1.807) is 6.07 Å². The maximum Gasteiger partial charge on any atom is 0.137 e. The molecule has 1 aliphatic heterocycles. The lowest BCUT2D eigenvalue weighted by Gasteiger charge is -2.36. The number of rotatable bonds is 4. The number of nitrogens with one attached hydrogen (secondary N) is 1. The van der Waals surface area contributed by atoms with E-state index in [1.165, 1.54) is 11.3 Å². The van der Waals surface area contributed by atoms with Gasteiger partial charge in [0.15, 0.2) is 0 Å². The van der Waals surface area contributed by atoms with Gasteiger partial charge in [-0.15, -0.1) is 0 Å². The predicted octanol–water partition coefficient (Wildman–Crippen LogP) is 4.34. The van der Waals surface area contributed by atoms with Crippen molar-refractivity contribution in [1.29, 1.82) is 0 Å². The second kappa shape index (κ2) is 7.52. The van der Waals surface area contributed by atoms with Crippen LogP contribution in [0.15, 0.2) is 22.7 Å². The second-order valence-electron chi connectivity index (χ2n) is 5.27. The predicted molar refractivity (Wildman–Crippen MR) is 93.4 cm³/mol. The molecule has 0 bridgehead atoms. The van der Waals surface area contributed by atoms with Crippen molar-refractivity contribution in [3.05, 3.63) is 34.1 Å². The molecule has 1 aromatic carbocycles. The summed E-state index contributed by atoms with van der Waals surface area (Å²) < 4.78 is 13.9. The topological polar surface area (TPSA) is 12.0 Å². The van der Waals surface area contributed by atoms with Crippen LogP contribution in [0.2, 0.25) is 0 Å². The molecular weight excluding hydrogens is 357 g/mol. The molecule has 0 amide bonds. The van der Waals surface area contributed by atoms with Crippen LogP contribution in [-0.4, -0.2) is 34.6 Å². The summed E-state index contributed by atoms with van der Waals surface area (Å²) >= 11 is 7.42. The molecule has 0 aromatic heterocycles. The van der Waals surface area contributed by atoms with Gasteiger partial charge in [-0.25, -0.2) is 4.39 Å². The van der Waals surface area contributed by atoms with Gasteiger partial charge in [-0.05, 0) is 47.1 Å². The van der Waals surface area contributed by atoms with Crippen LogP contribution in [0.1, 0.15) is 19.4 Å². The van der Waals surface area contributed by atoms with Crippen LogP contribution in [0.5, 0.6) is 0 Å². The van der Waals surface area contributed by atoms with Gasteiger partial charge in [-0.2, -0.15) is 23.5 Å². The van der Waals surface area contributed by atoms with Crippen molar-refractivity contribution >= 4 is 39.5 Å². The fraction of sp³-hybridized carbons (Fsp3) is 0.600. The number of thioether (sulfide) groups is 2. The third-order valence-corrected chi connectivity index (χ3v) is 7.99. The Morgan fingerprint density at radius 1 is 1.40 bits per heavy atom. The summed E-state index contributed by atoms with van der Waals surface area (Å²) in [5.74, 6) is 0.990. The molecule has 1 aromatic rings. The Balaban J connectivity index is 2.03. The van der Waals surface area contributed by atoms with Crippen LogP contribution in [-0.2, 0) is 6.42 Å². The third-order valence-electron chi connectivity index (χ3n) is 3.83. The molecule has 1 N–H and O–H groups in total. The minimum absolute atomic E-state index is 0.195. The molecule has 0 spiro atoms. The minimum Gasteiger partial charge on any atom is -0.316 e. The minimum atomic E-state index is -0.195. The lowest BCUT2D eigenvalue weighted by atomic mass is 10.0. The average Bonchev–Trinajstić information content (AvgIpc) is 2.43. The highest BCUT2D eigenvalue weighted by Crippen LogP contribution is 2.37. The molecule has 20 heavy (non-hydrogen) atoms. The molecule has 1 heterocycles. The fourth-order valence-corrected chi connectivity index (χ4v) is 5.95. The maximum atomic E-state index is 13.3. The van der Waals surface area contributed by atoms with Gasteiger partial charge >= 0.3 is 0 Å². The van der Waals surface area contributed by atoms with E-state index in [0.717, 1.165) is 11.7 Å². The Bertz CT molecular complexity index is 457. The lowest BCUT2D eigenvalue weighted by Crippen LogP contribution is -2.43. The average molecular weight is 378 g/mol. The third kappa shape index (κ3) is 4.15. The molecule has 1 aliphatic rings. The van der Waals surface area contributed by atoms with E-state index in [2.05, 4.69) is 58.6 Å². The summed E-state index contributed by atoms with van der Waals surface area (Å²) in [6, 6.07) is 5.75. The number of hydrogen-bond acceptors (Lipinski definition) is 3. The quantitative estimate of drug-likeness (QED) is 0.837. The van der Waals surface area contributed by atoms with Gasteiger partial charge < -0.3 is 5.32 Å². The van der Waals surface area contributed by atoms with Crippen molar-refractivity contribution in [2.24, 2.45) is 0 Å². The standard InChI is InChI=1S/C15H21BrFNS2/c1-9-10(2)20-15(8-19-9)14(18-3)7-11-4-5-13(17)12(16)6-11/h4-6,9-10,14-15,18H,7-8H2,1-3H3. The fourth-order valence-electron chi connectivity index (χ4n) is 2.36. The Morgan fingerprint density at radius 3 is 2.75 bits per heavy atom. The molecule has 2 rings (SSSR count).